The van der Waals surface area contributed by atoms with Crippen LogP contribution in [0.25, 0.3) is 5.95 Å². The number of nitrogens with one attached hydrogen (secondary N) is 1. The van der Waals surface area contributed by atoms with E-state index in [4.69, 9.17) is 4.74 Å². The van der Waals surface area contributed by atoms with E-state index in [-0.39, 0.29) is 17.9 Å². The van der Waals surface area contributed by atoms with Gasteiger partial charge in [-0.05, 0) is 38.7 Å². The van der Waals surface area contributed by atoms with Crippen LogP contribution in [0.3, 0.4) is 0 Å². The van der Waals surface area contributed by atoms with Gasteiger partial charge in [-0.15, -0.1) is 0 Å². The van der Waals surface area contributed by atoms with Crippen molar-refractivity contribution in [3.05, 3.63) is 34.9 Å². The van der Waals surface area contributed by atoms with Crippen LogP contribution in [0.4, 0.5) is 0 Å². The molecule has 1 saturated heterocycles. The number of hydrogen-bond acceptors (Lipinski definition) is 5. The number of rotatable bonds is 4. The molecule has 0 unspecified atom stereocenters. The number of carbonyl (C=O) groups excluding carboxylic acids is 1. The fraction of sp³-hybridized carbons (Fsp3) is 0.556. The van der Waals surface area contributed by atoms with Crippen molar-refractivity contribution < 1.29 is 9.53 Å². The monoisotopic (exact) mass is 343 g/mol. The van der Waals surface area contributed by atoms with Crippen LogP contribution in [0.15, 0.2) is 12.3 Å². The minimum atomic E-state index is -0.116. The zero-order valence-corrected chi connectivity index (χ0v) is 15.2. The van der Waals surface area contributed by atoms with Crippen molar-refractivity contribution in [2.45, 2.75) is 52.5 Å². The van der Waals surface area contributed by atoms with Crippen LogP contribution in [0.2, 0.25) is 0 Å². The van der Waals surface area contributed by atoms with Crippen molar-refractivity contribution in [1.82, 2.24) is 25.1 Å². The van der Waals surface area contributed by atoms with Crippen LogP contribution in [0, 0.1) is 13.8 Å². The fourth-order valence-corrected chi connectivity index (χ4v) is 3.02. The van der Waals surface area contributed by atoms with E-state index in [2.05, 4.69) is 20.4 Å². The Labute approximate surface area is 147 Å². The van der Waals surface area contributed by atoms with Crippen LogP contribution in [-0.2, 0) is 4.74 Å². The molecule has 2 aromatic heterocycles. The molecule has 0 bridgehead atoms. The molecule has 3 heterocycles. The number of aromatic nitrogens is 4. The average molecular weight is 343 g/mol. The summed E-state index contributed by atoms with van der Waals surface area (Å²) in [5, 5.41) is 7.64. The maximum Gasteiger partial charge on any atom is 0.255 e. The second kappa shape index (κ2) is 7.31. The number of ether oxygens (including phenoxy) is 1. The first-order chi connectivity index (χ1) is 11.9. The van der Waals surface area contributed by atoms with Gasteiger partial charge in [-0.2, -0.15) is 5.10 Å². The normalized spacial score (nSPS) is 17.7. The lowest BCUT2D eigenvalue weighted by molar-refractivity contribution is 0.0623. The Bertz CT molecular complexity index is 743. The first kappa shape index (κ1) is 17.5. The molecule has 1 fully saturated rings. The Balaban J connectivity index is 1.90. The number of nitrogens with zero attached hydrogens (tertiary/aromatic N) is 4. The summed E-state index contributed by atoms with van der Waals surface area (Å²) in [6.07, 6.45) is 3.64. The number of hydrogen-bond donors (Lipinski definition) is 1. The lowest BCUT2D eigenvalue weighted by Gasteiger charge is -2.23. The quantitative estimate of drug-likeness (QED) is 0.921. The molecule has 0 aliphatic carbocycles. The molecule has 7 nitrogen and oxygen atoms in total. The van der Waals surface area contributed by atoms with Crippen molar-refractivity contribution in [3.63, 3.8) is 0 Å². The molecular weight excluding hydrogens is 318 g/mol. The van der Waals surface area contributed by atoms with Crippen LogP contribution in [-0.4, -0.2) is 44.9 Å². The predicted molar refractivity (Wildman–Crippen MR) is 94.0 cm³/mol. The summed E-state index contributed by atoms with van der Waals surface area (Å²) in [7, 11) is 0. The highest BCUT2D eigenvalue weighted by Gasteiger charge is 2.23. The molecule has 1 N–H and O–H groups in total. The minimum absolute atomic E-state index is 0.0575. The molecule has 0 radical (unpaired) electrons. The van der Waals surface area contributed by atoms with Crippen molar-refractivity contribution >= 4 is 5.91 Å². The molecule has 134 valence electrons. The van der Waals surface area contributed by atoms with Gasteiger partial charge in [0.05, 0.1) is 23.9 Å². The SMILES string of the molecule is Cc1cc(C)nc(-n2cc(C(=O)N[C@@H]3CCCOC3)c(C(C)C)n2)n1. The molecule has 1 atom stereocenters. The Morgan fingerprint density at radius 3 is 2.64 bits per heavy atom. The molecule has 0 aromatic carbocycles. The van der Waals surface area contributed by atoms with E-state index >= 15 is 0 Å². The summed E-state index contributed by atoms with van der Waals surface area (Å²) >= 11 is 0. The Kier molecular flexibility index (Phi) is 5.13. The third-order valence-electron chi connectivity index (χ3n) is 4.21. The number of amides is 1. The van der Waals surface area contributed by atoms with Gasteiger partial charge in [-0.3, -0.25) is 4.79 Å². The van der Waals surface area contributed by atoms with E-state index in [1.807, 2.05) is 33.8 Å². The third-order valence-corrected chi connectivity index (χ3v) is 4.21. The van der Waals surface area contributed by atoms with Crippen molar-refractivity contribution in [2.24, 2.45) is 0 Å². The van der Waals surface area contributed by atoms with E-state index in [9.17, 15) is 4.79 Å². The van der Waals surface area contributed by atoms with Crippen LogP contribution in [0.5, 0.6) is 0 Å². The number of carbonyl (C=O) groups is 1. The molecule has 3 rings (SSSR count). The van der Waals surface area contributed by atoms with Gasteiger partial charge in [0, 0.05) is 24.2 Å². The lowest BCUT2D eigenvalue weighted by atomic mass is 10.0. The van der Waals surface area contributed by atoms with E-state index < -0.39 is 0 Å². The second-order valence-corrected chi connectivity index (χ2v) is 6.87. The summed E-state index contributed by atoms with van der Waals surface area (Å²) < 4.78 is 7.04. The van der Waals surface area contributed by atoms with Gasteiger partial charge in [-0.25, -0.2) is 14.6 Å². The summed E-state index contributed by atoms with van der Waals surface area (Å²) in [6.45, 7) is 9.22. The Morgan fingerprint density at radius 2 is 2.04 bits per heavy atom. The molecule has 1 aliphatic rings. The van der Waals surface area contributed by atoms with E-state index in [0.29, 0.717) is 18.1 Å². The highest BCUT2D eigenvalue weighted by Crippen LogP contribution is 2.20. The molecule has 7 heteroatoms. The largest absolute Gasteiger partial charge is 0.379 e. The van der Waals surface area contributed by atoms with E-state index in [0.717, 1.165) is 36.5 Å². The van der Waals surface area contributed by atoms with Crippen molar-refractivity contribution in [3.8, 4) is 5.95 Å². The molecular formula is C18H25N5O2. The fourth-order valence-electron chi connectivity index (χ4n) is 3.02. The molecule has 0 spiro atoms. The van der Waals surface area contributed by atoms with Gasteiger partial charge in [0.1, 0.15) is 0 Å². The van der Waals surface area contributed by atoms with Crippen molar-refractivity contribution in [1.29, 1.82) is 0 Å². The Morgan fingerprint density at radius 1 is 1.32 bits per heavy atom. The van der Waals surface area contributed by atoms with Gasteiger partial charge in [-0.1, -0.05) is 13.8 Å². The average Bonchev–Trinajstić information content (AvgIpc) is 3.00. The highest BCUT2D eigenvalue weighted by atomic mass is 16.5. The van der Waals surface area contributed by atoms with Gasteiger partial charge in [0.25, 0.3) is 11.9 Å². The summed E-state index contributed by atoms with van der Waals surface area (Å²) in [5.41, 5.74) is 3.06. The van der Waals surface area contributed by atoms with Crippen molar-refractivity contribution in [2.75, 3.05) is 13.2 Å². The zero-order chi connectivity index (χ0) is 18.0. The Hall–Kier alpha value is -2.28. The first-order valence-corrected chi connectivity index (χ1v) is 8.75. The van der Waals surface area contributed by atoms with Gasteiger partial charge < -0.3 is 10.1 Å². The van der Waals surface area contributed by atoms with E-state index in [1.165, 1.54) is 0 Å². The molecule has 2 aromatic rings. The summed E-state index contributed by atoms with van der Waals surface area (Å²) in [5.74, 6) is 0.491. The topological polar surface area (TPSA) is 81.9 Å². The maximum absolute atomic E-state index is 12.8. The molecule has 1 amide bonds. The van der Waals surface area contributed by atoms with Crippen LogP contribution < -0.4 is 5.32 Å². The standard InChI is InChI=1S/C18H25N5O2/c1-11(2)16-15(17(24)21-14-6-5-7-25-10-14)9-23(22-16)18-19-12(3)8-13(4)20-18/h8-9,11,14H,5-7,10H2,1-4H3,(H,21,24)/t14-/m1/s1. The smallest absolute Gasteiger partial charge is 0.255 e. The first-order valence-electron chi connectivity index (χ1n) is 8.75. The maximum atomic E-state index is 12.8. The molecule has 0 saturated carbocycles. The van der Waals surface area contributed by atoms with Crippen LogP contribution in [0.1, 0.15) is 60.0 Å². The minimum Gasteiger partial charge on any atom is -0.379 e. The lowest BCUT2D eigenvalue weighted by Crippen LogP contribution is -2.40. The summed E-state index contributed by atoms with van der Waals surface area (Å²) in [6, 6.07) is 1.97. The predicted octanol–water partition coefficient (Wildman–Crippen LogP) is 2.31. The highest BCUT2D eigenvalue weighted by molar-refractivity contribution is 5.95. The summed E-state index contributed by atoms with van der Waals surface area (Å²) in [4.78, 5) is 21.6. The number of aryl methyl sites for hydroxylation is 2. The van der Waals surface area contributed by atoms with E-state index in [1.54, 1.807) is 10.9 Å². The third kappa shape index (κ3) is 4.04. The van der Waals surface area contributed by atoms with Gasteiger partial charge in [0.2, 0.25) is 0 Å². The zero-order valence-electron chi connectivity index (χ0n) is 15.2. The van der Waals surface area contributed by atoms with Gasteiger partial charge >= 0.3 is 0 Å². The molecule has 1 aliphatic heterocycles. The van der Waals surface area contributed by atoms with Crippen LogP contribution >= 0.6 is 0 Å². The second-order valence-electron chi connectivity index (χ2n) is 6.87. The molecule has 25 heavy (non-hydrogen) atoms. The van der Waals surface area contributed by atoms with Gasteiger partial charge in [0.15, 0.2) is 0 Å².